The standard InChI is InChI=1S/C28H42N6O5/c1-20(2)33-24-6-3-4-7-25(24)34(27(33)37)26(36)29-21-18-22-8-9-23(19-21)32(22)10-5-17-39-28(38)31-13-11-30(12-14-31)15-16-35/h3-4,6-7,20-23,35H,5,8-19H2,1-2H3,(H,29,36)/t21?,22-,23?/m0/s1. The van der Waals surface area contributed by atoms with Crippen LogP contribution in [0.15, 0.2) is 29.1 Å². The van der Waals surface area contributed by atoms with E-state index in [1.165, 1.54) is 4.57 Å². The third-order valence-electron chi connectivity index (χ3n) is 8.54. The average Bonchev–Trinajstić information content (AvgIpc) is 3.35. The SMILES string of the molecule is CC(C)n1c(=O)n(C(=O)NC2CC3CC[C@@H](C2)N3CCCOC(=O)N2CCN(CCO)CC2)c2ccccc21. The van der Waals surface area contributed by atoms with Gasteiger partial charge in [0.05, 0.1) is 24.2 Å². The minimum Gasteiger partial charge on any atom is -0.449 e. The van der Waals surface area contributed by atoms with Crippen molar-refractivity contribution in [2.45, 2.75) is 70.1 Å². The maximum absolute atomic E-state index is 13.3. The zero-order chi connectivity index (χ0) is 27.5. The quantitative estimate of drug-likeness (QED) is 0.491. The Kier molecular flexibility index (Phi) is 8.58. The zero-order valence-corrected chi connectivity index (χ0v) is 23.1. The van der Waals surface area contributed by atoms with Crippen LogP contribution in [0.4, 0.5) is 9.59 Å². The number of rotatable bonds is 8. The molecule has 0 spiro atoms. The van der Waals surface area contributed by atoms with Gasteiger partial charge in [0.25, 0.3) is 0 Å². The summed E-state index contributed by atoms with van der Waals surface area (Å²) in [5, 5.41) is 12.2. The monoisotopic (exact) mass is 542 g/mol. The molecular weight excluding hydrogens is 500 g/mol. The van der Waals surface area contributed by atoms with Crippen molar-refractivity contribution >= 4 is 23.2 Å². The van der Waals surface area contributed by atoms with Crippen LogP contribution in [-0.2, 0) is 4.74 Å². The molecule has 3 saturated heterocycles. The molecule has 3 aliphatic heterocycles. The number of fused-ring (bicyclic) bond motifs is 3. The van der Waals surface area contributed by atoms with E-state index in [-0.39, 0.29) is 36.5 Å². The van der Waals surface area contributed by atoms with E-state index in [1.54, 1.807) is 9.47 Å². The number of carbonyl (C=O) groups is 2. The van der Waals surface area contributed by atoms with Crippen LogP contribution in [-0.4, -0.2) is 112 Å². The van der Waals surface area contributed by atoms with Gasteiger partial charge in [0.15, 0.2) is 0 Å². The van der Waals surface area contributed by atoms with Gasteiger partial charge in [-0.25, -0.2) is 19.0 Å². The molecule has 3 fully saturated rings. The topological polar surface area (TPSA) is 112 Å². The lowest BCUT2D eigenvalue weighted by Gasteiger charge is -2.39. The first-order valence-corrected chi connectivity index (χ1v) is 14.4. The number of piperidine rings is 1. The molecule has 11 heteroatoms. The van der Waals surface area contributed by atoms with Crippen molar-refractivity contribution in [2.24, 2.45) is 0 Å². The second-order valence-corrected chi connectivity index (χ2v) is 11.3. The molecule has 5 rings (SSSR count). The highest BCUT2D eigenvalue weighted by Crippen LogP contribution is 2.35. The summed E-state index contributed by atoms with van der Waals surface area (Å²) in [5.74, 6) is 0. The number of nitrogens with zero attached hydrogens (tertiary/aromatic N) is 5. The Bertz CT molecular complexity index is 1200. The summed E-state index contributed by atoms with van der Waals surface area (Å²) in [4.78, 5) is 45.3. The first-order valence-electron chi connectivity index (χ1n) is 14.4. The first-order chi connectivity index (χ1) is 18.9. The molecule has 11 nitrogen and oxygen atoms in total. The van der Waals surface area contributed by atoms with Gasteiger partial charge in [-0.1, -0.05) is 12.1 Å². The summed E-state index contributed by atoms with van der Waals surface area (Å²) in [6.45, 7) is 8.74. The molecule has 214 valence electrons. The van der Waals surface area contributed by atoms with Gasteiger partial charge in [0, 0.05) is 63.4 Å². The highest BCUT2D eigenvalue weighted by molar-refractivity contribution is 5.89. The van der Waals surface area contributed by atoms with E-state index in [2.05, 4.69) is 15.1 Å². The number of aromatic nitrogens is 2. The lowest BCUT2D eigenvalue weighted by Crippen LogP contribution is -2.52. The smallest absolute Gasteiger partial charge is 0.409 e. The van der Waals surface area contributed by atoms with Gasteiger partial charge in [-0.05, 0) is 58.1 Å². The molecule has 2 amide bonds. The molecule has 2 bridgehead atoms. The summed E-state index contributed by atoms with van der Waals surface area (Å²) < 4.78 is 8.50. The fraction of sp³-hybridized carbons (Fsp3) is 0.679. The Hall–Kier alpha value is -2.89. The zero-order valence-electron chi connectivity index (χ0n) is 23.1. The number of ether oxygens (including phenoxy) is 1. The van der Waals surface area contributed by atoms with Gasteiger partial charge < -0.3 is 20.1 Å². The molecule has 1 aromatic carbocycles. The molecule has 2 aromatic rings. The van der Waals surface area contributed by atoms with E-state index in [4.69, 9.17) is 9.84 Å². The molecule has 0 radical (unpaired) electrons. The van der Waals surface area contributed by atoms with Gasteiger partial charge in [-0.3, -0.25) is 14.4 Å². The van der Waals surface area contributed by atoms with Gasteiger partial charge in [-0.15, -0.1) is 0 Å². The normalized spacial score (nSPS) is 24.0. The average molecular weight is 543 g/mol. The minimum atomic E-state index is -0.349. The lowest BCUT2D eigenvalue weighted by atomic mass is 9.97. The van der Waals surface area contributed by atoms with Crippen LogP contribution in [0.3, 0.4) is 0 Å². The van der Waals surface area contributed by atoms with Crippen LogP contribution >= 0.6 is 0 Å². The molecule has 4 heterocycles. The van der Waals surface area contributed by atoms with E-state index in [0.717, 1.165) is 57.3 Å². The maximum atomic E-state index is 13.3. The molecule has 0 saturated carbocycles. The number of imidazole rings is 1. The second-order valence-electron chi connectivity index (χ2n) is 11.3. The molecule has 2 unspecified atom stereocenters. The van der Waals surface area contributed by atoms with Crippen LogP contribution in [0.5, 0.6) is 0 Å². The third kappa shape index (κ3) is 5.85. The summed E-state index contributed by atoms with van der Waals surface area (Å²) in [6, 6.07) is 7.86. The van der Waals surface area contributed by atoms with Crippen molar-refractivity contribution in [3.8, 4) is 0 Å². The Morgan fingerprint density at radius 1 is 1.03 bits per heavy atom. The van der Waals surface area contributed by atoms with Crippen LogP contribution < -0.4 is 11.0 Å². The number of aliphatic hydroxyl groups excluding tert-OH is 1. The predicted octanol–water partition coefficient (Wildman–Crippen LogP) is 2.07. The van der Waals surface area contributed by atoms with Crippen LogP contribution in [0.1, 0.15) is 52.0 Å². The Morgan fingerprint density at radius 2 is 1.69 bits per heavy atom. The summed E-state index contributed by atoms with van der Waals surface area (Å²) >= 11 is 0. The Labute approximate surface area is 229 Å². The molecular formula is C28H42N6O5. The van der Waals surface area contributed by atoms with E-state index >= 15 is 0 Å². The van der Waals surface area contributed by atoms with Crippen molar-refractivity contribution in [3.63, 3.8) is 0 Å². The molecule has 39 heavy (non-hydrogen) atoms. The van der Waals surface area contributed by atoms with Crippen molar-refractivity contribution < 1.29 is 19.4 Å². The second kappa shape index (κ2) is 12.1. The molecule has 3 atom stereocenters. The Morgan fingerprint density at radius 3 is 2.33 bits per heavy atom. The number of para-hydroxylation sites is 2. The number of aliphatic hydroxyl groups is 1. The molecule has 0 aliphatic carbocycles. The van der Waals surface area contributed by atoms with Gasteiger partial charge >= 0.3 is 17.8 Å². The van der Waals surface area contributed by atoms with Crippen LogP contribution in [0.25, 0.3) is 11.0 Å². The number of nitrogens with one attached hydrogen (secondary N) is 1. The maximum Gasteiger partial charge on any atom is 0.409 e. The summed E-state index contributed by atoms with van der Waals surface area (Å²) in [6.07, 6.45) is 4.44. The summed E-state index contributed by atoms with van der Waals surface area (Å²) in [7, 11) is 0. The third-order valence-corrected chi connectivity index (χ3v) is 8.54. The number of carbonyl (C=O) groups excluding carboxylic acids is 2. The van der Waals surface area contributed by atoms with E-state index in [1.807, 2.05) is 38.1 Å². The first kappa shape index (κ1) is 27.7. The van der Waals surface area contributed by atoms with Crippen molar-refractivity contribution in [1.29, 1.82) is 0 Å². The fourth-order valence-electron chi connectivity index (χ4n) is 6.66. The Balaban J connectivity index is 1.10. The van der Waals surface area contributed by atoms with Crippen molar-refractivity contribution in [2.75, 3.05) is 52.5 Å². The van der Waals surface area contributed by atoms with Crippen LogP contribution in [0.2, 0.25) is 0 Å². The number of hydrogen-bond donors (Lipinski definition) is 2. The van der Waals surface area contributed by atoms with Crippen molar-refractivity contribution in [3.05, 3.63) is 34.7 Å². The lowest BCUT2D eigenvalue weighted by molar-refractivity contribution is 0.0638. The van der Waals surface area contributed by atoms with Gasteiger partial charge in [-0.2, -0.15) is 0 Å². The van der Waals surface area contributed by atoms with Crippen LogP contribution in [0, 0.1) is 0 Å². The highest BCUT2D eigenvalue weighted by atomic mass is 16.6. The largest absolute Gasteiger partial charge is 0.449 e. The number of piperazine rings is 1. The molecule has 1 aromatic heterocycles. The number of hydrogen-bond acceptors (Lipinski definition) is 7. The van der Waals surface area contributed by atoms with E-state index < -0.39 is 0 Å². The minimum absolute atomic E-state index is 0.0293. The molecule has 2 N–H and O–H groups in total. The summed E-state index contributed by atoms with van der Waals surface area (Å²) in [5.41, 5.74) is 1.11. The van der Waals surface area contributed by atoms with Gasteiger partial charge in [0.1, 0.15) is 0 Å². The predicted molar refractivity (Wildman–Crippen MR) is 148 cm³/mol. The van der Waals surface area contributed by atoms with E-state index in [0.29, 0.717) is 43.8 Å². The van der Waals surface area contributed by atoms with E-state index in [9.17, 15) is 14.4 Å². The number of benzene rings is 1. The number of amides is 2. The number of β-amino-alcohol motifs (C(OH)–C–C–N with tert-alkyl or cyclic N) is 1. The highest BCUT2D eigenvalue weighted by Gasteiger charge is 2.41. The fourth-order valence-corrected chi connectivity index (χ4v) is 6.66. The molecule has 3 aliphatic rings. The van der Waals surface area contributed by atoms with Gasteiger partial charge in [0.2, 0.25) is 0 Å². The van der Waals surface area contributed by atoms with Crippen molar-refractivity contribution in [1.82, 2.24) is 29.2 Å².